The molecule has 0 bridgehead atoms. The number of rotatable bonds is 0. The van der Waals surface area contributed by atoms with Crippen LogP contribution in [0.2, 0.25) is 0 Å². The molecular formula is C6K4N6Ru. The SMILES string of the molecule is [C-]#N.[C-]#N.[C-]#N.[C-]#N.[C-]#N.[C-]#N.[K+].[K+].[K+].[K+].[Ru+2]. The van der Waals surface area contributed by atoms with Gasteiger partial charge >= 0.3 is 225 Å². The summed E-state index contributed by atoms with van der Waals surface area (Å²) in [6, 6.07) is 0. The zero-order valence-corrected chi connectivity index (χ0v) is 24.3. The number of hydrogen-bond donors (Lipinski definition) is 0. The molecule has 0 amide bonds. The average Bonchev–Trinajstić information content (AvgIpc) is 2.33. The van der Waals surface area contributed by atoms with E-state index in [1.54, 1.807) is 0 Å². The van der Waals surface area contributed by atoms with E-state index in [0.29, 0.717) is 0 Å². The van der Waals surface area contributed by atoms with Crippen LogP contribution in [-0.2, 0) is 19.5 Å². The summed E-state index contributed by atoms with van der Waals surface area (Å²) in [5.41, 5.74) is 0. The predicted octanol–water partition coefficient (Wildman–Crippen LogP) is -11.4. The molecule has 0 heterocycles. The Bertz CT molecular complexity index is 106. The molecule has 0 N–H and O–H groups in total. The molecule has 0 rings (SSSR count). The smallest absolute Gasteiger partial charge is 0.512 e. The van der Waals surface area contributed by atoms with E-state index in [4.69, 9.17) is 71.0 Å². The van der Waals surface area contributed by atoms with Gasteiger partial charge in [0.15, 0.2) is 0 Å². The van der Waals surface area contributed by atoms with Crippen molar-refractivity contribution < 1.29 is 225 Å². The summed E-state index contributed by atoms with van der Waals surface area (Å²) in [6.07, 6.45) is 0. The normalized spacial score (nSPS) is 0.706. The van der Waals surface area contributed by atoms with Crippen LogP contribution in [-0.4, -0.2) is 0 Å². The van der Waals surface area contributed by atoms with Gasteiger partial charge in [-0.05, 0) is 0 Å². The van der Waals surface area contributed by atoms with E-state index in [9.17, 15) is 0 Å². The van der Waals surface area contributed by atoms with Crippen molar-refractivity contribution in [1.82, 2.24) is 0 Å². The largest absolute Gasteiger partial charge is 2.00 e. The van der Waals surface area contributed by atoms with Gasteiger partial charge in [0.05, 0.1) is 0 Å². The summed E-state index contributed by atoms with van der Waals surface area (Å²) < 4.78 is 0. The molecule has 17 heavy (non-hydrogen) atoms. The first-order valence-corrected chi connectivity index (χ1v) is 1.34. The van der Waals surface area contributed by atoms with E-state index in [2.05, 4.69) is 0 Å². The van der Waals surface area contributed by atoms with Gasteiger partial charge in [-0.3, -0.25) is 0 Å². The Labute approximate surface area is 287 Å². The Kier molecular flexibility index (Phi) is 2140. The zero-order chi connectivity index (χ0) is 12.0. The number of hydrogen-bond acceptors (Lipinski definition) is 6. The third kappa shape index (κ3) is 391. The minimum atomic E-state index is 0. The van der Waals surface area contributed by atoms with Crippen LogP contribution in [0, 0.1) is 71.0 Å². The van der Waals surface area contributed by atoms with E-state index in [1.807, 2.05) is 0 Å². The van der Waals surface area contributed by atoms with E-state index < -0.39 is 0 Å². The van der Waals surface area contributed by atoms with E-state index in [-0.39, 0.29) is 225 Å². The van der Waals surface area contributed by atoms with Crippen LogP contribution in [0.3, 0.4) is 0 Å². The molecule has 0 saturated carbocycles. The van der Waals surface area contributed by atoms with Crippen LogP contribution in [0.25, 0.3) is 0 Å². The summed E-state index contributed by atoms with van der Waals surface area (Å²) in [5, 5.41) is 37.5. The van der Waals surface area contributed by atoms with Gasteiger partial charge in [0.1, 0.15) is 0 Å². The minimum absolute atomic E-state index is 0. The van der Waals surface area contributed by atoms with Gasteiger partial charge in [-0.1, -0.05) is 0 Å². The standard InChI is InChI=1S/6CN.4K.Ru/c6*1-2;;;;;/q6*-1;4*+1;+2. The molecule has 0 aromatic rings. The summed E-state index contributed by atoms with van der Waals surface area (Å²) in [6.45, 7) is 28.5. The maximum absolute atomic E-state index is 6.25. The second-order valence-electron chi connectivity index (χ2n) is 0. The van der Waals surface area contributed by atoms with E-state index in [1.165, 1.54) is 0 Å². The summed E-state index contributed by atoms with van der Waals surface area (Å²) >= 11 is 0. The van der Waals surface area contributed by atoms with Crippen molar-refractivity contribution in [3.05, 3.63) is 39.4 Å². The van der Waals surface area contributed by atoms with Gasteiger partial charge in [0.2, 0.25) is 0 Å². The topological polar surface area (TPSA) is 143 Å². The maximum Gasteiger partial charge on any atom is 2.00 e. The predicted molar refractivity (Wildman–Crippen MR) is 29.8 cm³/mol. The Hall–Kier alpha value is 4.11. The summed E-state index contributed by atoms with van der Waals surface area (Å²) in [5.74, 6) is 0. The monoisotopic (exact) mass is 414 g/mol. The molecule has 0 aliphatic heterocycles. The zero-order valence-electron chi connectivity index (χ0n) is 10.0. The second kappa shape index (κ2) is 435. The molecular weight excluding hydrogens is 414 g/mol. The Morgan fingerprint density at radius 3 is 0.294 bits per heavy atom. The maximum atomic E-state index is 6.25. The Morgan fingerprint density at radius 1 is 0.294 bits per heavy atom. The van der Waals surface area contributed by atoms with Crippen LogP contribution < -0.4 is 206 Å². The fraction of sp³-hybridized carbons (Fsp3) is 0. The molecule has 11 heteroatoms. The molecule has 0 fully saturated rings. The molecule has 0 aromatic carbocycles. The third-order valence-electron chi connectivity index (χ3n) is 0. The molecule has 6 nitrogen and oxygen atoms in total. The Balaban J connectivity index is -0.00000000267. The van der Waals surface area contributed by atoms with E-state index >= 15 is 0 Å². The van der Waals surface area contributed by atoms with Gasteiger partial charge in [-0.2, -0.15) is 0 Å². The quantitative estimate of drug-likeness (QED) is 0.285. The van der Waals surface area contributed by atoms with Gasteiger partial charge in [0.25, 0.3) is 0 Å². The number of nitrogens with zero attached hydrogens (tertiary/aromatic N) is 6. The summed E-state index contributed by atoms with van der Waals surface area (Å²) in [4.78, 5) is 0. The van der Waals surface area contributed by atoms with Crippen molar-refractivity contribution >= 4 is 0 Å². The molecule has 66 valence electrons. The van der Waals surface area contributed by atoms with Gasteiger partial charge < -0.3 is 71.0 Å². The molecule has 0 unspecified atom stereocenters. The van der Waals surface area contributed by atoms with Gasteiger partial charge in [-0.15, -0.1) is 0 Å². The molecule has 0 saturated heterocycles. The second-order valence-corrected chi connectivity index (χ2v) is 0. The van der Waals surface area contributed by atoms with Crippen molar-refractivity contribution in [2.45, 2.75) is 0 Å². The van der Waals surface area contributed by atoms with Gasteiger partial charge in [0, 0.05) is 0 Å². The first-order chi connectivity index (χ1) is 6.00. The van der Waals surface area contributed by atoms with Crippen molar-refractivity contribution in [1.29, 1.82) is 31.6 Å². The van der Waals surface area contributed by atoms with Crippen LogP contribution >= 0.6 is 0 Å². The van der Waals surface area contributed by atoms with Crippen LogP contribution in [0.5, 0.6) is 0 Å². The van der Waals surface area contributed by atoms with Crippen molar-refractivity contribution in [2.24, 2.45) is 0 Å². The molecule has 0 aliphatic rings. The molecule has 0 aromatic heterocycles. The average molecular weight is 414 g/mol. The molecule has 0 radical (unpaired) electrons. The van der Waals surface area contributed by atoms with Crippen molar-refractivity contribution in [3.8, 4) is 0 Å². The Morgan fingerprint density at radius 2 is 0.294 bits per heavy atom. The fourth-order valence-corrected chi connectivity index (χ4v) is 0. The molecule has 0 spiro atoms. The van der Waals surface area contributed by atoms with E-state index in [0.717, 1.165) is 0 Å². The van der Waals surface area contributed by atoms with Crippen molar-refractivity contribution in [2.75, 3.05) is 0 Å². The minimum Gasteiger partial charge on any atom is -0.512 e. The first-order valence-electron chi connectivity index (χ1n) is 1.34. The van der Waals surface area contributed by atoms with Crippen LogP contribution in [0.15, 0.2) is 0 Å². The van der Waals surface area contributed by atoms with Crippen molar-refractivity contribution in [3.63, 3.8) is 0 Å². The van der Waals surface area contributed by atoms with Crippen LogP contribution in [0.4, 0.5) is 0 Å². The summed E-state index contributed by atoms with van der Waals surface area (Å²) in [7, 11) is 0. The third-order valence-corrected chi connectivity index (χ3v) is 0. The van der Waals surface area contributed by atoms with Crippen LogP contribution in [0.1, 0.15) is 0 Å². The molecule has 0 atom stereocenters. The van der Waals surface area contributed by atoms with Gasteiger partial charge in [-0.25, -0.2) is 0 Å². The molecule has 0 aliphatic carbocycles. The first kappa shape index (κ1) is 83.5. The fourth-order valence-electron chi connectivity index (χ4n) is 0.